The van der Waals surface area contributed by atoms with E-state index in [1.54, 1.807) is 19.2 Å². The number of aromatic hydroxyl groups is 1. The van der Waals surface area contributed by atoms with E-state index in [1.807, 2.05) is 48.6 Å². The standard InChI is InChI=1S/C15H14O2/c1-17-15-5-3-2-4-13(15)9-6-12-7-10-14(16)11-8-12/h2-11,16H,1H3. The molecule has 2 aromatic carbocycles. The predicted molar refractivity (Wildman–Crippen MR) is 70.0 cm³/mol. The minimum Gasteiger partial charge on any atom is -0.508 e. The lowest BCUT2D eigenvalue weighted by Gasteiger charge is -2.03. The number of hydrogen-bond donors (Lipinski definition) is 1. The summed E-state index contributed by atoms with van der Waals surface area (Å²) in [5, 5.41) is 9.18. The first-order chi connectivity index (χ1) is 8.29. The molecule has 2 heteroatoms. The molecule has 2 rings (SSSR count). The second-order valence-corrected chi connectivity index (χ2v) is 3.67. The maximum Gasteiger partial charge on any atom is 0.126 e. The van der Waals surface area contributed by atoms with E-state index in [-0.39, 0.29) is 5.75 Å². The smallest absolute Gasteiger partial charge is 0.126 e. The van der Waals surface area contributed by atoms with Crippen molar-refractivity contribution in [3.63, 3.8) is 0 Å². The van der Waals surface area contributed by atoms with Crippen LogP contribution in [0.3, 0.4) is 0 Å². The average Bonchev–Trinajstić information content (AvgIpc) is 2.38. The Hall–Kier alpha value is -2.22. The molecule has 0 bridgehead atoms. The quantitative estimate of drug-likeness (QED) is 0.811. The lowest BCUT2D eigenvalue weighted by Crippen LogP contribution is -1.85. The molecule has 0 unspecified atom stereocenters. The van der Waals surface area contributed by atoms with Crippen molar-refractivity contribution in [3.05, 3.63) is 59.7 Å². The van der Waals surface area contributed by atoms with E-state index in [9.17, 15) is 5.11 Å². The molecule has 0 aliphatic rings. The molecular formula is C15H14O2. The van der Waals surface area contributed by atoms with E-state index in [4.69, 9.17) is 4.74 Å². The van der Waals surface area contributed by atoms with Crippen LogP contribution < -0.4 is 4.74 Å². The summed E-state index contributed by atoms with van der Waals surface area (Å²) in [4.78, 5) is 0. The third-order valence-corrected chi connectivity index (χ3v) is 2.49. The van der Waals surface area contributed by atoms with Crippen molar-refractivity contribution in [3.8, 4) is 11.5 Å². The number of benzene rings is 2. The van der Waals surface area contributed by atoms with E-state index < -0.39 is 0 Å². The van der Waals surface area contributed by atoms with Gasteiger partial charge in [0.05, 0.1) is 7.11 Å². The maximum atomic E-state index is 9.18. The van der Waals surface area contributed by atoms with Crippen molar-refractivity contribution in [2.75, 3.05) is 7.11 Å². The van der Waals surface area contributed by atoms with Crippen LogP contribution in [-0.2, 0) is 0 Å². The van der Waals surface area contributed by atoms with Gasteiger partial charge in [-0.05, 0) is 23.8 Å². The zero-order chi connectivity index (χ0) is 12.1. The van der Waals surface area contributed by atoms with Gasteiger partial charge in [0.15, 0.2) is 0 Å². The molecule has 0 radical (unpaired) electrons. The topological polar surface area (TPSA) is 29.5 Å². The van der Waals surface area contributed by atoms with Crippen molar-refractivity contribution in [2.24, 2.45) is 0 Å². The zero-order valence-corrected chi connectivity index (χ0v) is 9.63. The Balaban J connectivity index is 2.22. The van der Waals surface area contributed by atoms with Gasteiger partial charge in [-0.15, -0.1) is 0 Å². The van der Waals surface area contributed by atoms with Gasteiger partial charge in [-0.25, -0.2) is 0 Å². The van der Waals surface area contributed by atoms with E-state index in [1.165, 1.54) is 0 Å². The summed E-state index contributed by atoms with van der Waals surface area (Å²) in [6, 6.07) is 14.9. The van der Waals surface area contributed by atoms with Gasteiger partial charge in [0.25, 0.3) is 0 Å². The predicted octanol–water partition coefficient (Wildman–Crippen LogP) is 3.57. The zero-order valence-electron chi connectivity index (χ0n) is 9.63. The molecule has 1 N–H and O–H groups in total. The maximum absolute atomic E-state index is 9.18. The molecule has 2 aromatic rings. The highest BCUT2D eigenvalue weighted by Crippen LogP contribution is 2.20. The third-order valence-electron chi connectivity index (χ3n) is 2.49. The SMILES string of the molecule is COc1ccccc1C=Cc1ccc(O)cc1. The Kier molecular flexibility index (Phi) is 3.46. The minimum atomic E-state index is 0.277. The minimum absolute atomic E-state index is 0.277. The number of para-hydroxylation sites is 1. The van der Waals surface area contributed by atoms with E-state index in [0.717, 1.165) is 16.9 Å². The third kappa shape index (κ3) is 2.88. The van der Waals surface area contributed by atoms with Gasteiger partial charge in [-0.2, -0.15) is 0 Å². The van der Waals surface area contributed by atoms with Gasteiger partial charge in [0.2, 0.25) is 0 Å². The molecule has 0 saturated carbocycles. The number of phenols is 1. The summed E-state index contributed by atoms with van der Waals surface area (Å²) in [7, 11) is 1.66. The molecule has 0 aliphatic heterocycles. The van der Waals surface area contributed by atoms with E-state index in [2.05, 4.69) is 0 Å². The molecule has 2 nitrogen and oxygen atoms in total. The van der Waals surface area contributed by atoms with Gasteiger partial charge < -0.3 is 9.84 Å². The summed E-state index contributed by atoms with van der Waals surface area (Å²) in [6.45, 7) is 0. The van der Waals surface area contributed by atoms with Gasteiger partial charge in [-0.3, -0.25) is 0 Å². The molecule has 86 valence electrons. The van der Waals surface area contributed by atoms with Gasteiger partial charge in [0.1, 0.15) is 11.5 Å². The Labute approximate surface area is 101 Å². The first-order valence-corrected chi connectivity index (χ1v) is 5.40. The number of methoxy groups -OCH3 is 1. The Morgan fingerprint density at radius 1 is 0.941 bits per heavy atom. The lowest BCUT2D eigenvalue weighted by molar-refractivity contribution is 0.414. The molecule has 0 saturated heterocycles. The molecular weight excluding hydrogens is 212 g/mol. The van der Waals surface area contributed by atoms with Gasteiger partial charge in [-0.1, -0.05) is 42.5 Å². The van der Waals surface area contributed by atoms with Gasteiger partial charge in [0, 0.05) is 5.56 Å². The van der Waals surface area contributed by atoms with Crippen LogP contribution in [-0.4, -0.2) is 12.2 Å². The van der Waals surface area contributed by atoms with Crippen molar-refractivity contribution in [1.82, 2.24) is 0 Å². The van der Waals surface area contributed by atoms with E-state index in [0.29, 0.717) is 0 Å². The Morgan fingerprint density at radius 2 is 1.65 bits per heavy atom. The van der Waals surface area contributed by atoms with Crippen LogP contribution in [0, 0.1) is 0 Å². The van der Waals surface area contributed by atoms with Crippen LogP contribution in [0.4, 0.5) is 0 Å². The summed E-state index contributed by atoms with van der Waals surface area (Å²) in [6.07, 6.45) is 3.97. The number of ether oxygens (including phenoxy) is 1. The Bertz CT molecular complexity index is 513. The highest BCUT2D eigenvalue weighted by molar-refractivity contribution is 5.72. The number of rotatable bonds is 3. The largest absolute Gasteiger partial charge is 0.508 e. The summed E-state index contributed by atoms with van der Waals surface area (Å²) in [5.41, 5.74) is 2.07. The molecule has 0 aliphatic carbocycles. The van der Waals surface area contributed by atoms with Crippen molar-refractivity contribution in [2.45, 2.75) is 0 Å². The normalized spacial score (nSPS) is 10.6. The van der Waals surface area contributed by atoms with Gasteiger partial charge >= 0.3 is 0 Å². The molecule has 0 amide bonds. The summed E-state index contributed by atoms with van der Waals surface area (Å²) in [5.74, 6) is 1.13. The van der Waals surface area contributed by atoms with Crippen molar-refractivity contribution >= 4 is 12.2 Å². The molecule has 0 spiro atoms. The monoisotopic (exact) mass is 226 g/mol. The first-order valence-electron chi connectivity index (χ1n) is 5.40. The molecule has 0 atom stereocenters. The van der Waals surface area contributed by atoms with Crippen LogP contribution in [0.2, 0.25) is 0 Å². The van der Waals surface area contributed by atoms with Crippen LogP contribution in [0.25, 0.3) is 12.2 Å². The Morgan fingerprint density at radius 3 is 2.35 bits per heavy atom. The summed E-state index contributed by atoms with van der Waals surface area (Å²) >= 11 is 0. The molecule has 17 heavy (non-hydrogen) atoms. The molecule has 0 aromatic heterocycles. The highest BCUT2D eigenvalue weighted by Gasteiger charge is 1.96. The second-order valence-electron chi connectivity index (χ2n) is 3.67. The fourth-order valence-electron chi connectivity index (χ4n) is 1.58. The fourth-order valence-corrected chi connectivity index (χ4v) is 1.58. The summed E-state index contributed by atoms with van der Waals surface area (Å²) < 4.78 is 5.26. The van der Waals surface area contributed by atoms with Crippen molar-refractivity contribution < 1.29 is 9.84 Å². The molecule has 0 fully saturated rings. The van der Waals surface area contributed by atoms with Crippen LogP contribution in [0.1, 0.15) is 11.1 Å². The van der Waals surface area contributed by atoms with Crippen LogP contribution in [0.5, 0.6) is 11.5 Å². The number of phenolic OH excluding ortho intramolecular Hbond substituents is 1. The highest BCUT2D eigenvalue weighted by atomic mass is 16.5. The van der Waals surface area contributed by atoms with E-state index >= 15 is 0 Å². The fraction of sp³-hybridized carbons (Fsp3) is 0.0667. The average molecular weight is 226 g/mol. The number of hydrogen-bond acceptors (Lipinski definition) is 2. The van der Waals surface area contributed by atoms with Crippen LogP contribution in [0.15, 0.2) is 48.5 Å². The molecule has 0 heterocycles. The lowest BCUT2D eigenvalue weighted by atomic mass is 10.1. The van der Waals surface area contributed by atoms with Crippen molar-refractivity contribution in [1.29, 1.82) is 0 Å². The first kappa shape index (κ1) is 11.3. The van der Waals surface area contributed by atoms with Crippen LogP contribution >= 0.6 is 0 Å². The second kappa shape index (κ2) is 5.21.